The number of nitrogens with zero attached hydrogens (tertiary/aromatic N) is 2. The summed E-state index contributed by atoms with van der Waals surface area (Å²) in [6.45, 7) is 7.25. The van der Waals surface area contributed by atoms with Gasteiger partial charge in [-0.15, -0.1) is 0 Å². The molecule has 1 saturated carbocycles. The zero-order chi connectivity index (χ0) is 13.2. The minimum atomic E-state index is -0.462. The Morgan fingerprint density at radius 3 is 2.61 bits per heavy atom. The van der Waals surface area contributed by atoms with Gasteiger partial charge in [0.25, 0.3) is 0 Å². The first-order valence-corrected chi connectivity index (χ1v) is 6.79. The second-order valence-corrected chi connectivity index (χ2v) is 5.28. The van der Waals surface area contributed by atoms with Gasteiger partial charge in [-0.1, -0.05) is 18.5 Å². The predicted molar refractivity (Wildman–Crippen MR) is 68.2 cm³/mol. The number of rotatable bonds is 6. The molecule has 1 aromatic rings. The molecule has 0 radical (unpaired) electrons. The van der Waals surface area contributed by atoms with Crippen molar-refractivity contribution in [2.45, 2.75) is 57.5 Å². The van der Waals surface area contributed by atoms with Gasteiger partial charge in [-0.25, -0.2) is 0 Å². The van der Waals surface area contributed by atoms with Gasteiger partial charge < -0.3 is 15.0 Å². The quantitative estimate of drug-likeness (QED) is 0.840. The summed E-state index contributed by atoms with van der Waals surface area (Å²) in [5.41, 5.74) is 5.31. The Morgan fingerprint density at radius 1 is 1.44 bits per heavy atom. The van der Waals surface area contributed by atoms with E-state index >= 15 is 0 Å². The molecular weight excluding hydrogens is 230 g/mol. The minimum absolute atomic E-state index is 0.0773. The highest BCUT2D eigenvalue weighted by Crippen LogP contribution is 2.42. The van der Waals surface area contributed by atoms with Crippen molar-refractivity contribution in [2.75, 3.05) is 13.2 Å². The molecule has 1 unspecified atom stereocenters. The Hall–Kier alpha value is -0.940. The zero-order valence-electron chi connectivity index (χ0n) is 11.5. The lowest BCUT2D eigenvalue weighted by atomic mass is 9.69. The van der Waals surface area contributed by atoms with Gasteiger partial charge in [-0.3, -0.25) is 0 Å². The first-order valence-electron chi connectivity index (χ1n) is 6.79. The second kappa shape index (κ2) is 4.97. The number of nitrogens with two attached hydrogens (primary N) is 1. The summed E-state index contributed by atoms with van der Waals surface area (Å²) < 4.78 is 11.2. The van der Waals surface area contributed by atoms with Crippen LogP contribution < -0.4 is 5.73 Å². The van der Waals surface area contributed by atoms with Crippen molar-refractivity contribution in [3.63, 3.8) is 0 Å². The lowest BCUT2D eigenvalue weighted by Crippen LogP contribution is -2.42. The largest absolute Gasteiger partial charge is 0.367 e. The van der Waals surface area contributed by atoms with Crippen LogP contribution in [0, 0.1) is 0 Å². The highest BCUT2D eigenvalue weighted by molar-refractivity contribution is 5.13. The molecule has 0 spiro atoms. The minimum Gasteiger partial charge on any atom is -0.367 e. The van der Waals surface area contributed by atoms with Gasteiger partial charge in [-0.05, 0) is 33.1 Å². The van der Waals surface area contributed by atoms with Crippen molar-refractivity contribution in [1.29, 1.82) is 0 Å². The highest BCUT2D eigenvalue weighted by atomic mass is 16.5. The third-order valence-electron chi connectivity index (χ3n) is 4.19. The smallest absolute Gasteiger partial charge is 0.234 e. The van der Waals surface area contributed by atoms with Crippen LogP contribution in [0.2, 0.25) is 0 Å². The zero-order valence-corrected chi connectivity index (χ0v) is 11.5. The van der Waals surface area contributed by atoms with Gasteiger partial charge in [0.2, 0.25) is 11.7 Å². The van der Waals surface area contributed by atoms with Gasteiger partial charge in [-0.2, -0.15) is 4.98 Å². The summed E-state index contributed by atoms with van der Waals surface area (Å²) in [5.74, 6) is 1.33. The van der Waals surface area contributed by atoms with E-state index in [1.807, 2.05) is 13.8 Å². The van der Waals surface area contributed by atoms with Crippen molar-refractivity contribution >= 4 is 0 Å². The Bertz CT molecular complexity index is 395. The molecule has 5 heteroatoms. The molecule has 0 aliphatic heterocycles. The highest BCUT2D eigenvalue weighted by Gasteiger charge is 2.44. The lowest BCUT2D eigenvalue weighted by molar-refractivity contribution is -0.0403. The van der Waals surface area contributed by atoms with E-state index in [1.54, 1.807) is 0 Å². The molecule has 1 aliphatic rings. The molecule has 1 aromatic heterocycles. The summed E-state index contributed by atoms with van der Waals surface area (Å²) >= 11 is 0. The topological polar surface area (TPSA) is 74.2 Å². The molecular formula is C13H23N3O2. The molecule has 2 N–H and O–H groups in total. The summed E-state index contributed by atoms with van der Waals surface area (Å²) in [6.07, 6.45) is 4.09. The van der Waals surface area contributed by atoms with Crippen LogP contribution in [0.5, 0.6) is 0 Å². The van der Waals surface area contributed by atoms with E-state index in [2.05, 4.69) is 17.1 Å². The lowest BCUT2D eigenvalue weighted by Gasteiger charge is -2.37. The predicted octanol–water partition coefficient (Wildman–Crippen LogP) is 2.11. The standard InChI is InChI=1S/C13H23N3O2/c1-4-12(3,17-5-2)10-15-11(18-16-10)13(9-14)7-6-8-13/h4-9,14H2,1-3H3. The van der Waals surface area contributed by atoms with Crippen LogP contribution in [0.25, 0.3) is 0 Å². The Morgan fingerprint density at radius 2 is 2.17 bits per heavy atom. The maximum Gasteiger partial charge on any atom is 0.234 e. The van der Waals surface area contributed by atoms with Gasteiger partial charge in [0.05, 0.1) is 5.41 Å². The van der Waals surface area contributed by atoms with E-state index < -0.39 is 5.60 Å². The van der Waals surface area contributed by atoms with E-state index in [0.717, 1.165) is 19.3 Å². The van der Waals surface area contributed by atoms with E-state index in [1.165, 1.54) is 6.42 Å². The van der Waals surface area contributed by atoms with Gasteiger partial charge in [0.15, 0.2) is 0 Å². The van der Waals surface area contributed by atoms with E-state index in [4.69, 9.17) is 15.0 Å². The molecule has 0 amide bonds. The molecule has 2 rings (SSSR count). The molecule has 0 saturated heterocycles. The maximum absolute atomic E-state index is 5.85. The Kier molecular flexibility index (Phi) is 3.73. The monoisotopic (exact) mass is 253 g/mol. The first-order chi connectivity index (χ1) is 8.60. The summed E-state index contributed by atoms with van der Waals surface area (Å²) in [7, 11) is 0. The number of aromatic nitrogens is 2. The summed E-state index contributed by atoms with van der Waals surface area (Å²) in [6, 6.07) is 0. The molecule has 1 atom stereocenters. The van der Waals surface area contributed by atoms with Crippen molar-refractivity contribution in [3.05, 3.63) is 11.7 Å². The average Bonchev–Trinajstić information content (AvgIpc) is 2.79. The third-order valence-corrected chi connectivity index (χ3v) is 4.19. The van der Waals surface area contributed by atoms with E-state index in [-0.39, 0.29) is 5.41 Å². The van der Waals surface area contributed by atoms with Crippen LogP contribution in [0.15, 0.2) is 4.52 Å². The first kappa shape index (κ1) is 13.5. The van der Waals surface area contributed by atoms with E-state index in [0.29, 0.717) is 24.9 Å². The van der Waals surface area contributed by atoms with Crippen molar-refractivity contribution in [2.24, 2.45) is 5.73 Å². The van der Waals surface area contributed by atoms with E-state index in [9.17, 15) is 0 Å². The Balaban J connectivity index is 2.24. The van der Waals surface area contributed by atoms with Crippen LogP contribution in [0.3, 0.4) is 0 Å². The fraction of sp³-hybridized carbons (Fsp3) is 0.846. The number of hydrogen-bond donors (Lipinski definition) is 1. The molecule has 0 bridgehead atoms. The molecule has 1 aliphatic carbocycles. The fourth-order valence-corrected chi connectivity index (χ4v) is 2.41. The van der Waals surface area contributed by atoms with Crippen LogP contribution in [-0.4, -0.2) is 23.3 Å². The molecule has 5 nitrogen and oxygen atoms in total. The molecule has 102 valence electrons. The van der Waals surface area contributed by atoms with Crippen LogP contribution >= 0.6 is 0 Å². The normalized spacial score (nSPS) is 21.3. The fourth-order valence-electron chi connectivity index (χ4n) is 2.41. The van der Waals surface area contributed by atoms with Crippen LogP contribution in [-0.2, 0) is 15.8 Å². The number of ether oxygens (including phenoxy) is 1. The maximum atomic E-state index is 5.85. The van der Waals surface area contributed by atoms with Gasteiger partial charge in [0.1, 0.15) is 5.60 Å². The number of hydrogen-bond acceptors (Lipinski definition) is 5. The third kappa shape index (κ3) is 2.06. The second-order valence-electron chi connectivity index (χ2n) is 5.28. The van der Waals surface area contributed by atoms with Crippen molar-refractivity contribution in [1.82, 2.24) is 10.1 Å². The molecule has 1 heterocycles. The van der Waals surface area contributed by atoms with Crippen LogP contribution in [0.4, 0.5) is 0 Å². The Labute approximate surface area is 108 Å². The van der Waals surface area contributed by atoms with Crippen molar-refractivity contribution < 1.29 is 9.26 Å². The molecule has 18 heavy (non-hydrogen) atoms. The molecule has 1 fully saturated rings. The van der Waals surface area contributed by atoms with Gasteiger partial charge >= 0.3 is 0 Å². The summed E-state index contributed by atoms with van der Waals surface area (Å²) in [4.78, 5) is 4.55. The average molecular weight is 253 g/mol. The van der Waals surface area contributed by atoms with Gasteiger partial charge in [0, 0.05) is 13.2 Å². The summed E-state index contributed by atoms with van der Waals surface area (Å²) in [5, 5.41) is 4.11. The van der Waals surface area contributed by atoms with Crippen LogP contribution in [0.1, 0.15) is 58.2 Å². The van der Waals surface area contributed by atoms with Crippen molar-refractivity contribution in [3.8, 4) is 0 Å². The SMILES string of the molecule is CCOC(C)(CC)c1noc(C2(CN)CCC2)n1. The molecule has 0 aromatic carbocycles.